The molecule has 0 atom stereocenters. The summed E-state index contributed by atoms with van der Waals surface area (Å²) in [5.74, 6) is 2.84. The highest BCUT2D eigenvalue weighted by molar-refractivity contribution is 6.29. The molecule has 2 aromatic rings. The van der Waals surface area contributed by atoms with Gasteiger partial charge in [0.05, 0.1) is 11.1 Å². The molecule has 116 valence electrons. The Morgan fingerprint density at radius 2 is 1.91 bits per heavy atom. The van der Waals surface area contributed by atoms with Gasteiger partial charge in [-0.15, -0.1) is 10.2 Å². The van der Waals surface area contributed by atoms with E-state index < -0.39 is 0 Å². The summed E-state index contributed by atoms with van der Waals surface area (Å²) in [7, 11) is 0. The number of nitrogens with zero attached hydrogens (tertiary/aromatic N) is 4. The molecule has 0 aliphatic heterocycles. The summed E-state index contributed by atoms with van der Waals surface area (Å²) >= 11 is 6.09. The van der Waals surface area contributed by atoms with Gasteiger partial charge in [0.15, 0.2) is 0 Å². The summed E-state index contributed by atoms with van der Waals surface area (Å²) in [6, 6.07) is 6.37. The van der Waals surface area contributed by atoms with Gasteiger partial charge in [-0.1, -0.05) is 17.7 Å². The van der Waals surface area contributed by atoms with Crippen molar-refractivity contribution in [2.24, 2.45) is 0 Å². The van der Waals surface area contributed by atoms with Crippen LogP contribution in [0.2, 0.25) is 5.15 Å². The third kappa shape index (κ3) is 2.24. The highest BCUT2D eigenvalue weighted by Gasteiger charge is 2.39. The van der Waals surface area contributed by atoms with E-state index in [0.717, 1.165) is 11.5 Å². The fourth-order valence-electron chi connectivity index (χ4n) is 3.23. The van der Waals surface area contributed by atoms with E-state index >= 15 is 0 Å². The van der Waals surface area contributed by atoms with E-state index in [1.165, 1.54) is 37.9 Å². The molecule has 0 bridgehead atoms. The first-order valence-electron chi connectivity index (χ1n) is 8.15. The van der Waals surface area contributed by atoms with E-state index in [9.17, 15) is 0 Å². The Labute approximate surface area is 135 Å². The van der Waals surface area contributed by atoms with Crippen LogP contribution in [0.15, 0.2) is 18.2 Å². The maximum Gasteiger partial charge on any atom is 0.145 e. The summed E-state index contributed by atoms with van der Waals surface area (Å²) in [6.07, 6.45) is 6.29. The van der Waals surface area contributed by atoms with Gasteiger partial charge in [-0.3, -0.25) is 0 Å². The maximum absolute atomic E-state index is 6.09. The summed E-state index contributed by atoms with van der Waals surface area (Å²) in [5.41, 5.74) is 0.663. The molecule has 5 heteroatoms. The topological polar surface area (TPSA) is 43.6 Å². The number of pyridine rings is 1. The second-order valence-corrected chi connectivity index (χ2v) is 7.47. The Morgan fingerprint density at radius 3 is 2.50 bits per heavy atom. The minimum atomic E-state index is -0.291. The number of hydrogen-bond donors (Lipinski definition) is 0. The zero-order valence-electron chi connectivity index (χ0n) is 13.1. The van der Waals surface area contributed by atoms with Gasteiger partial charge < -0.3 is 4.57 Å². The zero-order valence-corrected chi connectivity index (χ0v) is 13.8. The van der Waals surface area contributed by atoms with E-state index in [1.807, 2.05) is 18.2 Å². The molecule has 0 amide bonds. The number of aromatic nitrogens is 4. The van der Waals surface area contributed by atoms with Crippen LogP contribution >= 0.6 is 11.6 Å². The molecule has 2 aromatic heterocycles. The molecule has 0 radical (unpaired) electrons. The summed E-state index contributed by atoms with van der Waals surface area (Å²) in [4.78, 5) is 4.52. The van der Waals surface area contributed by atoms with Gasteiger partial charge in [0.1, 0.15) is 16.8 Å². The molecule has 0 saturated heterocycles. The van der Waals surface area contributed by atoms with Crippen LogP contribution in [0.4, 0.5) is 0 Å². The normalized spacial score (nSPS) is 19.2. The molecule has 4 rings (SSSR count). The van der Waals surface area contributed by atoms with E-state index in [1.54, 1.807) is 0 Å². The lowest BCUT2D eigenvalue weighted by molar-refractivity contribution is 0.289. The Hall–Kier alpha value is -1.42. The monoisotopic (exact) mass is 316 g/mol. The van der Waals surface area contributed by atoms with E-state index in [-0.39, 0.29) is 5.41 Å². The van der Waals surface area contributed by atoms with Crippen molar-refractivity contribution in [3.05, 3.63) is 40.7 Å². The van der Waals surface area contributed by atoms with Crippen molar-refractivity contribution < 1.29 is 0 Å². The molecule has 2 aliphatic carbocycles. The average Bonchev–Trinajstić information content (AvgIpc) is 3.18. The molecule has 2 fully saturated rings. The molecule has 2 aliphatic rings. The van der Waals surface area contributed by atoms with E-state index in [4.69, 9.17) is 11.6 Å². The van der Waals surface area contributed by atoms with Crippen molar-refractivity contribution in [2.45, 2.75) is 63.3 Å². The third-order valence-electron chi connectivity index (χ3n) is 5.02. The van der Waals surface area contributed by atoms with Crippen LogP contribution in [0.1, 0.15) is 75.3 Å². The lowest BCUT2D eigenvalue weighted by Crippen LogP contribution is -2.30. The van der Waals surface area contributed by atoms with Gasteiger partial charge in [0.2, 0.25) is 0 Å². The molecule has 0 spiro atoms. The SMILES string of the molecule is CC(C)(c1cccc(Cl)n1)c1nnc(C2CC2)n1C1CCC1. The highest BCUT2D eigenvalue weighted by Crippen LogP contribution is 2.45. The molecule has 4 nitrogen and oxygen atoms in total. The van der Waals surface area contributed by atoms with Crippen LogP contribution in [0.3, 0.4) is 0 Å². The molecule has 2 saturated carbocycles. The predicted octanol–water partition coefficient (Wildman–Crippen LogP) is 4.25. The van der Waals surface area contributed by atoms with Crippen molar-refractivity contribution in [3.8, 4) is 0 Å². The number of rotatable bonds is 4. The summed E-state index contributed by atoms with van der Waals surface area (Å²) in [6.45, 7) is 4.34. The van der Waals surface area contributed by atoms with E-state index in [0.29, 0.717) is 17.1 Å². The Morgan fingerprint density at radius 1 is 1.14 bits per heavy atom. The Balaban J connectivity index is 1.80. The molecular formula is C17H21ClN4. The molecule has 0 aromatic carbocycles. The van der Waals surface area contributed by atoms with Gasteiger partial charge in [-0.2, -0.15) is 0 Å². The Kier molecular flexibility index (Phi) is 3.26. The minimum Gasteiger partial charge on any atom is -0.311 e. The molecule has 22 heavy (non-hydrogen) atoms. The molecular weight excluding hydrogens is 296 g/mol. The number of halogens is 1. The van der Waals surface area contributed by atoms with Gasteiger partial charge >= 0.3 is 0 Å². The molecule has 0 unspecified atom stereocenters. The third-order valence-corrected chi connectivity index (χ3v) is 5.23. The smallest absolute Gasteiger partial charge is 0.145 e. The second-order valence-electron chi connectivity index (χ2n) is 7.08. The standard InChI is InChI=1S/C17H21ClN4/c1-17(2,13-7-4-8-14(18)19-13)16-21-20-15(11-9-10-11)22(16)12-5-3-6-12/h4,7-8,11-12H,3,5-6,9-10H2,1-2H3. The lowest BCUT2D eigenvalue weighted by atomic mass is 9.85. The van der Waals surface area contributed by atoms with Gasteiger partial charge in [-0.05, 0) is 58.1 Å². The van der Waals surface area contributed by atoms with Crippen molar-refractivity contribution in [3.63, 3.8) is 0 Å². The maximum atomic E-state index is 6.09. The largest absolute Gasteiger partial charge is 0.311 e. The van der Waals surface area contributed by atoms with E-state index in [2.05, 4.69) is 33.6 Å². The number of hydrogen-bond acceptors (Lipinski definition) is 3. The first-order valence-corrected chi connectivity index (χ1v) is 8.53. The van der Waals surface area contributed by atoms with Crippen molar-refractivity contribution in [1.29, 1.82) is 0 Å². The van der Waals surface area contributed by atoms with Crippen LogP contribution in [0.25, 0.3) is 0 Å². The van der Waals surface area contributed by atoms with Crippen molar-refractivity contribution >= 4 is 11.6 Å². The van der Waals surface area contributed by atoms with Gasteiger partial charge in [-0.25, -0.2) is 4.98 Å². The fourth-order valence-corrected chi connectivity index (χ4v) is 3.39. The molecule has 0 N–H and O–H groups in total. The van der Waals surface area contributed by atoms with Crippen LogP contribution in [-0.4, -0.2) is 19.7 Å². The van der Waals surface area contributed by atoms with Gasteiger partial charge in [0.25, 0.3) is 0 Å². The first kappa shape index (κ1) is 14.2. The van der Waals surface area contributed by atoms with Crippen LogP contribution in [0.5, 0.6) is 0 Å². The van der Waals surface area contributed by atoms with Crippen molar-refractivity contribution in [1.82, 2.24) is 19.7 Å². The summed E-state index contributed by atoms with van der Waals surface area (Å²) < 4.78 is 2.42. The highest BCUT2D eigenvalue weighted by atomic mass is 35.5. The second kappa shape index (κ2) is 5.05. The van der Waals surface area contributed by atoms with Crippen molar-refractivity contribution in [2.75, 3.05) is 0 Å². The average molecular weight is 317 g/mol. The zero-order chi connectivity index (χ0) is 15.3. The van der Waals surface area contributed by atoms with Crippen LogP contribution in [0, 0.1) is 0 Å². The Bertz CT molecular complexity index is 698. The predicted molar refractivity (Wildman–Crippen MR) is 86.3 cm³/mol. The summed E-state index contributed by atoms with van der Waals surface area (Å²) in [5, 5.41) is 9.67. The minimum absolute atomic E-state index is 0.291. The van der Waals surface area contributed by atoms with Gasteiger partial charge in [0, 0.05) is 12.0 Å². The van der Waals surface area contributed by atoms with Crippen LogP contribution in [-0.2, 0) is 5.41 Å². The lowest BCUT2D eigenvalue weighted by Gasteiger charge is -2.33. The fraction of sp³-hybridized carbons (Fsp3) is 0.588. The quantitative estimate of drug-likeness (QED) is 0.792. The van der Waals surface area contributed by atoms with Crippen LogP contribution < -0.4 is 0 Å². The first-order chi connectivity index (χ1) is 10.6. The molecule has 2 heterocycles.